The molecule has 0 saturated heterocycles. The number of hydrogen-bond acceptors (Lipinski definition) is 0. The molecule has 0 bridgehead atoms. The van der Waals surface area contributed by atoms with Gasteiger partial charge in [0.2, 0.25) is 0 Å². The highest BCUT2D eigenvalue weighted by molar-refractivity contribution is 4.91. The minimum absolute atomic E-state index is 0.205. The number of rotatable bonds is 3. The van der Waals surface area contributed by atoms with E-state index in [-0.39, 0.29) is 6.04 Å². The molecule has 11 heavy (non-hydrogen) atoms. The zero-order valence-corrected chi connectivity index (χ0v) is 6.48. The molecule has 0 amide bonds. The van der Waals surface area contributed by atoms with Gasteiger partial charge in [-0.25, -0.2) is 0 Å². The van der Waals surface area contributed by atoms with Crippen LogP contribution >= 0.6 is 0 Å². The zero-order valence-electron chi connectivity index (χ0n) is 6.48. The lowest BCUT2D eigenvalue weighted by molar-refractivity contribution is -0.701. The molecule has 1 rings (SSSR count). The predicted octanol–water partition coefficient (Wildman–Crippen LogP) is 1.89. The molecule has 0 aromatic carbocycles. The highest BCUT2D eigenvalue weighted by atomic mass is 15.0. The van der Waals surface area contributed by atoms with E-state index in [4.69, 9.17) is 0 Å². The van der Waals surface area contributed by atoms with Crippen LogP contribution in [0.15, 0.2) is 55.9 Å². The molecule has 1 aromatic heterocycles. The number of pyridine rings is 1. The van der Waals surface area contributed by atoms with E-state index in [1.165, 1.54) is 0 Å². The summed E-state index contributed by atoms with van der Waals surface area (Å²) in [4.78, 5) is 0. The Morgan fingerprint density at radius 3 is 2.00 bits per heavy atom. The van der Waals surface area contributed by atoms with E-state index >= 15 is 0 Å². The first kappa shape index (κ1) is 7.73. The first-order valence-corrected chi connectivity index (χ1v) is 3.59. The van der Waals surface area contributed by atoms with Crippen molar-refractivity contribution in [3.05, 3.63) is 55.9 Å². The third kappa shape index (κ3) is 1.77. The summed E-state index contributed by atoms with van der Waals surface area (Å²) in [6.45, 7) is 7.43. The second-order valence-electron chi connectivity index (χ2n) is 2.28. The van der Waals surface area contributed by atoms with Crippen molar-refractivity contribution in [2.45, 2.75) is 6.04 Å². The summed E-state index contributed by atoms with van der Waals surface area (Å²) in [5.74, 6) is 0. The van der Waals surface area contributed by atoms with Gasteiger partial charge in [0.25, 0.3) is 0 Å². The molecule has 0 fully saturated rings. The van der Waals surface area contributed by atoms with E-state index in [1.807, 2.05) is 47.3 Å². The molecule has 56 valence electrons. The maximum absolute atomic E-state index is 3.72. The van der Waals surface area contributed by atoms with Gasteiger partial charge in [-0.15, -0.1) is 0 Å². The van der Waals surface area contributed by atoms with Gasteiger partial charge in [0.1, 0.15) is 0 Å². The first-order chi connectivity index (χ1) is 5.38. The SMILES string of the molecule is C=CC(C=C)[n+]1ccccc1. The summed E-state index contributed by atoms with van der Waals surface area (Å²) in [6.07, 6.45) is 7.70. The third-order valence-electron chi connectivity index (χ3n) is 1.57. The average molecular weight is 146 g/mol. The molecule has 0 radical (unpaired) electrons. The van der Waals surface area contributed by atoms with E-state index in [1.54, 1.807) is 0 Å². The van der Waals surface area contributed by atoms with Gasteiger partial charge in [-0.3, -0.25) is 0 Å². The fraction of sp³-hybridized carbons (Fsp3) is 0.100. The van der Waals surface area contributed by atoms with Crippen molar-refractivity contribution in [2.75, 3.05) is 0 Å². The van der Waals surface area contributed by atoms with Crippen LogP contribution in [0.1, 0.15) is 6.04 Å². The average Bonchev–Trinajstić information content (AvgIpc) is 2.09. The second-order valence-corrected chi connectivity index (χ2v) is 2.28. The molecule has 0 N–H and O–H groups in total. The standard InChI is InChI=1S/C10H12N/c1-3-10(4-2)11-8-6-5-7-9-11/h3-10H,1-2H2/q+1. The van der Waals surface area contributed by atoms with Crippen molar-refractivity contribution in [1.82, 2.24) is 0 Å². The van der Waals surface area contributed by atoms with E-state index in [0.29, 0.717) is 0 Å². The normalized spacial score (nSPS) is 9.55. The summed E-state index contributed by atoms with van der Waals surface area (Å²) in [5.41, 5.74) is 0. The fourth-order valence-electron chi connectivity index (χ4n) is 0.950. The first-order valence-electron chi connectivity index (χ1n) is 3.59. The van der Waals surface area contributed by atoms with Gasteiger partial charge in [-0.2, -0.15) is 4.57 Å². The molecule has 0 aliphatic carbocycles. The van der Waals surface area contributed by atoms with E-state index < -0.39 is 0 Å². The second kappa shape index (κ2) is 3.71. The van der Waals surface area contributed by atoms with Crippen molar-refractivity contribution < 1.29 is 4.57 Å². The van der Waals surface area contributed by atoms with Crippen molar-refractivity contribution in [3.8, 4) is 0 Å². The monoisotopic (exact) mass is 146 g/mol. The number of aromatic nitrogens is 1. The summed E-state index contributed by atoms with van der Waals surface area (Å²) in [6, 6.07) is 6.16. The summed E-state index contributed by atoms with van der Waals surface area (Å²) >= 11 is 0. The Kier molecular flexibility index (Phi) is 2.61. The quantitative estimate of drug-likeness (QED) is 0.453. The molecule has 0 spiro atoms. The topological polar surface area (TPSA) is 3.88 Å². The van der Waals surface area contributed by atoms with Crippen molar-refractivity contribution >= 4 is 0 Å². The molecule has 1 heteroatoms. The lowest BCUT2D eigenvalue weighted by Gasteiger charge is -1.99. The Morgan fingerprint density at radius 2 is 1.55 bits per heavy atom. The van der Waals surface area contributed by atoms with Crippen LogP contribution in [0, 0.1) is 0 Å². The summed E-state index contributed by atoms with van der Waals surface area (Å²) in [7, 11) is 0. The van der Waals surface area contributed by atoms with E-state index in [9.17, 15) is 0 Å². The number of allylic oxidation sites excluding steroid dienone is 2. The van der Waals surface area contributed by atoms with Gasteiger partial charge < -0.3 is 0 Å². The highest BCUT2D eigenvalue weighted by Crippen LogP contribution is 1.96. The van der Waals surface area contributed by atoms with Crippen LogP contribution < -0.4 is 4.57 Å². The van der Waals surface area contributed by atoms with Crippen LogP contribution in [0.5, 0.6) is 0 Å². The molecule has 1 nitrogen and oxygen atoms in total. The Morgan fingerprint density at radius 1 is 1.00 bits per heavy atom. The minimum atomic E-state index is 0.205. The van der Waals surface area contributed by atoms with E-state index in [0.717, 1.165) is 0 Å². The van der Waals surface area contributed by atoms with Crippen LogP contribution in [-0.2, 0) is 0 Å². The highest BCUT2D eigenvalue weighted by Gasteiger charge is 2.06. The van der Waals surface area contributed by atoms with Crippen molar-refractivity contribution in [3.63, 3.8) is 0 Å². The van der Waals surface area contributed by atoms with Crippen LogP contribution in [0.4, 0.5) is 0 Å². The molecule has 0 aliphatic rings. The summed E-state index contributed by atoms with van der Waals surface area (Å²) < 4.78 is 2.04. The Balaban J connectivity index is 2.90. The smallest absolute Gasteiger partial charge is 0.194 e. The molecular formula is C10H12N+. The fourth-order valence-corrected chi connectivity index (χ4v) is 0.950. The summed E-state index contributed by atoms with van der Waals surface area (Å²) in [5, 5.41) is 0. The van der Waals surface area contributed by atoms with Gasteiger partial charge in [-0.05, 0) is 12.2 Å². The zero-order chi connectivity index (χ0) is 8.10. The minimum Gasteiger partial charge on any atom is -0.195 e. The molecule has 1 aromatic rings. The molecule has 0 aliphatic heterocycles. The van der Waals surface area contributed by atoms with Crippen molar-refractivity contribution in [2.24, 2.45) is 0 Å². The van der Waals surface area contributed by atoms with Crippen LogP contribution in [0.3, 0.4) is 0 Å². The van der Waals surface area contributed by atoms with Gasteiger partial charge >= 0.3 is 0 Å². The maximum atomic E-state index is 3.72. The third-order valence-corrected chi connectivity index (χ3v) is 1.57. The Hall–Kier alpha value is -1.37. The Labute approximate surface area is 67.3 Å². The predicted molar refractivity (Wildman–Crippen MR) is 46.1 cm³/mol. The van der Waals surface area contributed by atoms with Crippen molar-refractivity contribution in [1.29, 1.82) is 0 Å². The van der Waals surface area contributed by atoms with Crippen LogP contribution in [0.2, 0.25) is 0 Å². The molecular weight excluding hydrogens is 134 g/mol. The van der Waals surface area contributed by atoms with Gasteiger partial charge in [-0.1, -0.05) is 19.2 Å². The number of nitrogens with zero attached hydrogens (tertiary/aromatic N) is 1. The largest absolute Gasteiger partial charge is 0.195 e. The molecule has 0 atom stereocenters. The van der Waals surface area contributed by atoms with Crippen LogP contribution in [0.25, 0.3) is 0 Å². The Bertz CT molecular complexity index is 230. The molecule has 1 heterocycles. The van der Waals surface area contributed by atoms with Gasteiger partial charge in [0.05, 0.1) is 0 Å². The lowest BCUT2D eigenvalue weighted by Crippen LogP contribution is -2.35. The van der Waals surface area contributed by atoms with E-state index in [2.05, 4.69) is 13.2 Å². The lowest BCUT2D eigenvalue weighted by atomic mass is 10.3. The van der Waals surface area contributed by atoms with Gasteiger partial charge in [0, 0.05) is 12.1 Å². The maximum Gasteiger partial charge on any atom is 0.194 e. The number of hydrogen-bond donors (Lipinski definition) is 0. The molecule has 0 saturated carbocycles. The van der Waals surface area contributed by atoms with Crippen LogP contribution in [-0.4, -0.2) is 0 Å². The van der Waals surface area contributed by atoms with Gasteiger partial charge in [0.15, 0.2) is 18.4 Å². The molecule has 0 unspecified atom stereocenters.